The molecule has 2 aromatic rings. The molecule has 1 aliphatic rings. The van der Waals surface area contributed by atoms with Gasteiger partial charge in [0.15, 0.2) is 5.78 Å². The van der Waals surface area contributed by atoms with Crippen molar-refractivity contribution in [3.8, 4) is 11.5 Å². The number of benzene rings is 1. The van der Waals surface area contributed by atoms with Crippen LogP contribution in [0.1, 0.15) is 57.1 Å². The van der Waals surface area contributed by atoms with Gasteiger partial charge < -0.3 is 19.6 Å². The van der Waals surface area contributed by atoms with Crippen molar-refractivity contribution < 1.29 is 24.2 Å². The first-order chi connectivity index (χ1) is 12.8. The Morgan fingerprint density at radius 3 is 2.74 bits per heavy atom. The average Bonchev–Trinajstić information content (AvgIpc) is 3.10. The van der Waals surface area contributed by atoms with Crippen molar-refractivity contribution in [1.29, 1.82) is 0 Å². The van der Waals surface area contributed by atoms with E-state index in [1.807, 2.05) is 26.0 Å². The van der Waals surface area contributed by atoms with E-state index in [4.69, 9.17) is 9.47 Å². The van der Waals surface area contributed by atoms with Crippen molar-refractivity contribution in [1.82, 2.24) is 4.98 Å². The van der Waals surface area contributed by atoms with E-state index in [0.29, 0.717) is 29.2 Å². The predicted molar refractivity (Wildman–Crippen MR) is 102 cm³/mol. The topological polar surface area (TPSA) is 88.6 Å². The third-order valence-electron chi connectivity index (χ3n) is 4.64. The van der Waals surface area contributed by atoms with Gasteiger partial charge in [-0.3, -0.25) is 4.79 Å². The highest BCUT2D eigenvalue weighted by molar-refractivity contribution is 6.10. The van der Waals surface area contributed by atoms with E-state index in [-0.39, 0.29) is 17.6 Å². The molecular formula is C21H23NO5. The second-order valence-corrected chi connectivity index (χ2v) is 6.69. The third kappa shape index (κ3) is 3.60. The summed E-state index contributed by atoms with van der Waals surface area (Å²) in [6.07, 6.45) is 4.08. The van der Waals surface area contributed by atoms with Gasteiger partial charge in [0.05, 0.1) is 6.61 Å². The fourth-order valence-corrected chi connectivity index (χ4v) is 3.45. The lowest BCUT2D eigenvalue weighted by Gasteiger charge is -2.10. The summed E-state index contributed by atoms with van der Waals surface area (Å²) in [5, 5.41) is 9.21. The Morgan fingerprint density at radius 2 is 2.11 bits per heavy atom. The Balaban J connectivity index is 1.93. The molecule has 0 saturated carbocycles. The van der Waals surface area contributed by atoms with Gasteiger partial charge in [-0.25, -0.2) is 4.79 Å². The molecule has 3 rings (SSSR count). The summed E-state index contributed by atoms with van der Waals surface area (Å²) in [5.74, 6) is 0.167. The molecule has 0 spiro atoms. The minimum Gasteiger partial charge on any atom is -0.493 e. The maximum atomic E-state index is 12.7. The van der Waals surface area contributed by atoms with Crippen LogP contribution in [0.15, 0.2) is 18.2 Å². The van der Waals surface area contributed by atoms with Crippen molar-refractivity contribution >= 4 is 17.8 Å². The number of aromatic carboxylic acids is 1. The summed E-state index contributed by atoms with van der Waals surface area (Å²) < 4.78 is 11.5. The van der Waals surface area contributed by atoms with E-state index < -0.39 is 5.97 Å². The molecular weight excluding hydrogens is 346 g/mol. The summed E-state index contributed by atoms with van der Waals surface area (Å²) in [5.41, 5.74) is 3.24. The molecule has 1 atom stereocenters. The SMILES string of the molecule is CCOc1cc2c(cc1/C=C/C(=O)c1c(C)[nH]c(C(=O)O)c1C)O[C@H](C)C2. The van der Waals surface area contributed by atoms with Crippen LogP contribution in [0.4, 0.5) is 0 Å². The number of aromatic amines is 1. The maximum Gasteiger partial charge on any atom is 0.352 e. The summed E-state index contributed by atoms with van der Waals surface area (Å²) in [7, 11) is 0. The molecule has 0 radical (unpaired) electrons. The number of rotatable bonds is 6. The highest BCUT2D eigenvalue weighted by Crippen LogP contribution is 2.35. The number of carboxylic acid groups (broad SMARTS) is 1. The molecule has 0 unspecified atom stereocenters. The number of ketones is 1. The minimum atomic E-state index is -1.08. The van der Waals surface area contributed by atoms with Crippen molar-refractivity contribution in [2.45, 2.75) is 40.2 Å². The molecule has 1 aromatic carbocycles. The molecule has 0 amide bonds. The number of carboxylic acids is 1. The average molecular weight is 369 g/mol. The number of carbonyl (C=O) groups is 2. The van der Waals surface area contributed by atoms with E-state index >= 15 is 0 Å². The molecule has 6 heteroatoms. The Morgan fingerprint density at radius 1 is 1.37 bits per heavy atom. The molecule has 0 aliphatic carbocycles. The lowest BCUT2D eigenvalue weighted by molar-refractivity contribution is 0.0690. The maximum absolute atomic E-state index is 12.7. The van der Waals surface area contributed by atoms with E-state index in [1.165, 1.54) is 6.08 Å². The monoisotopic (exact) mass is 369 g/mol. The minimum absolute atomic E-state index is 0.0409. The molecule has 142 valence electrons. The van der Waals surface area contributed by atoms with Crippen LogP contribution >= 0.6 is 0 Å². The summed E-state index contributed by atoms with van der Waals surface area (Å²) in [4.78, 5) is 26.7. The number of aromatic nitrogens is 1. The van der Waals surface area contributed by atoms with Crippen LogP contribution in [0.5, 0.6) is 11.5 Å². The number of nitrogens with one attached hydrogen (secondary N) is 1. The highest BCUT2D eigenvalue weighted by atomic mass is 16.5. The lowest BCUT2D eigenvalue weighted by atomic mass is 10.0. The molecule has 0 fully saturated rings. The van der Waals surface area contributed by atoms with Crippen LogP contribution in [0.3, 0.4) is 0 Å². The molecule has 0 bridgehead atoms. The molecule has 1 aliphatic heterocycles. The highest BCUT2D eigenvalue weighted by Gasteiger charge is 2.22. The van der Waals surface area contributed by atoms with Gasteiger partial charge in [0.25, 0.3) is 0 Å². The zero-order chi connectivity index (χ0) is 19.7. The van der Waals surface area contributed by atoms with E-state index in [1.54, 1.807) is 19.9 Å². The lowest BCUT2D eigenvalue weighted by Crippen LogP contribution is -2.05. The Bertz CT molecular complexity index is 939. The van der Waals surface area contributed by atoms with Crippen molar-refractivity contribution in [3.63, 3.8) is 0 Å². The van der Waals surface area contributed by atoms with Crippen molar-refractivity contribution in [2.75, 3.05) is 6.61 Å². The van der Waals surface area contributed by atoms with Gasteiger partial charge in [-0.05, 0) is 57.5 Å². The Labute approximate surface area is 157 Å². The van der Waals surface area contributed by atoms with Crippen LogP contribution in [0, 0.1) is 13.8 Å². The number of carbonyl (C=O) groups excluding carboxylic acids is 1. The van der Waals surface area contributed by atoms with Crippen molar-refractivity contribution in [3.05, 3.63) is 51.9 Å². The predicted octanol–water partition coefficient (Wildman–Crippen LogP) is 3.95. The van der Waals surface area contributed by atoms with Gasteiger partial charge in [-0.1, -0.05) is 0 Å². The molecule has 1 aromatic heterocycles. The normalized spacial score (nSPS) is 15.6. The smallest absolute Gasteiger partial charge is 0.352 e. The van der Waals surface area contributed by atoms with E-state index in [0.717, 1.165) is 23.3 Å². The number of aryl methyl sites for hydroxylation is 1. The van der Waals surface area contributed by atoms with Crippen molar-refractivity contribution in [2.24, 2.45) is 0 Å². The second kappa shape index (κ2) is 7.31. The largest absolute Gasteiger partial charge is 0.493 e. The first-order valence-electron chi connectivity index (χ1n) is 8.93. The molecule has 6 nitrogen and oxygen atoms in total. The Hall–Kier alpha value is -3.02. The second-order valence-electron chi connectivity index (χ2n) is 6.69. The quantitative estimate of drug-likeness (QED) is 0.595. The van der Waals surface area contributed by atoms with Crippen LogP contribution in [-0.4, -0.2) is 34.6 Å². The summed E-state index contributed by atoms with van der Waals surface area (Å²) in [6, 6.07) is 3.84. The van der Waals surface area contributed by atoms with Gasteiger partial charge in [-0.2, -0.15) is 0 Å². The number of allylic oxidation sites excluding steroid dienone is 1. The molecule has 0 saturated heterocycles. The number of ether oxygens (including phenoxy) is 2. The fourth-order valence-electron chi connectivity index (χ4n) is 3.45. The van der Waals surface area contributed by atoms with Gasteiger partial charge in [0.1, 0.15) is 23.3 Å². The standard InChI is InChI=1S/C21H23NO5/c1-5-26-17-10-15-8-11(2)27-18(15)9-14(17)6-7-16(23)19-12(3)20(21(24)25)22-13(19)4/h6-7,9-11,22H,5,8H2,1-4H3,(H,24,25)/b7-6+/t11-/m1/s1. The number of hydrogen-bond donors (Lipinski definition) is 2. The van der Waals surface area contributed by atoms with Crippen LogP contribution in [0.2, 0.25) is 0 Å². The van der Waals surface area contributed by atoms with Gasteiger partial charge in [0, 0.05) is 28.8 Å². The Kier molecular flexibility index (Phi) is 5.08. The number of fused-ring (bicyclic) bond motifs is 1. The van der Waals surface area contributed by atoms with Crippen LogP contribution in [0.25, 0.3) is 6.08 Å². The van der Waals surface area contributed by atoms with Gasteiger partial charge in [0.2, 0.25) is 0 Å². The molecule has 2 N–H and O–H groups in total. The zero-order valence-corrected chi connectivity index (χ0v) is 15.9. The fraction of sp³-hybridized carbons (Fsp3) is 0.333. The van der Waals surface area contributed by atoms with Gasteiger partial charge >= 0.3 is 5.97 Å². The summed E-state index contributed by atoms with van der Waals surface area (Å²) >= 11 is 0. The third-order valence-corrected chi connectivity index (χ3v) is 4.64. The number of H-pyrrole nitrogens is 1. The molecule has 27 heavy (non-hydrogen) atoms. The summed E-state index contributed by atoms with van der Waals surface area (Å²) in [6.45, 7) is 7.75. The first-order valence-corrected chi connectivity index (χ1v) is 8.93. The van der Waals surface area contributed by atoms with Crippen LogP contribution in [-0.2, 0) is 6.42 Å². The molecule has 2 heterocycles. The van der Waals surface area contributed by atoms with E-state index in [2.05, 4.69) is 4.98 Å². The van der Waals surface area contributed by atoms with E-state index in [9.17, 15) is 14.7 Å². The first kappa shape index (κ1) is 18.8. The van der Waals surface area contributed by atoms with Crippen LogP contribution < -0.4 is 9.47 Å². The van der Waals surface area contributed by atoms with Gasteiger partial charge in [-0.15, -0.1) is 0 Å². The zero-order valence-electron chi connectivity index (χ0n) is 15.9. The number of hydrogen-bond acceptors (Lipinski definition) is 4.